The van der Waals surface area contributed by atoms with Crippen molar-refractivity contribution in [2.24, 2.45) is 0 Å². The molecule has 0 bridgehead atoms. The number of nitrogens with zero attached hydrogens (tertiary/aromatic N) is 2. The predicted octanol–water partition coefficient (Wildman–Crippen LogP) is 10.3. The summed E-state index contributed by atoms with van der Waals surface area (Å²) < 4.78 is 5.01. The first-order chi connectivity index (χ1) is 20.1. The Morgan fingerprint density at radius 2 is 0.780 bits per heavy atom. The van der Waals surface area contributed by atoms with Crippen LogP contribution in [-0.2, 0) is 5.41 Å². The van der Waals surface area contributed by atoms with E-state index in [2.05, 4.69) is 132 Å². The van der Waals surface area contributed by atoms with Crippen molar-refractivity contribution in [1.29, 1.82) is 0 Å². The highest BCUT2D eigenvalue weighted by Crippen LogP contribution is 2.53. The van der Waals surface area contributed by atoms with Crippen LogP contribution in [0.25, 0.3) is 87.3 Å². The first-order valence-corrected chi connectivity index (χ1v) is 14.5. The number of fused-ring (bicyclic) bond motifs is 15. The highest BCUT2D eigenvalue weighted by Gasteiger charge is 2.37. The first kappa shape index (κ1) is 20.8. The Morgan fingerprint density at radius 3 is 1.24 bits per heavy atom. The zero-order valence-electron chi connectivity index (χ0n) is 22.8. The average molecular weight is 521 g/mol. The third-order valence-electron chi connectivity index (χ3n) is 10.4. The van der Waals surface area contributed by atoms with E-state index in [9.17, 15) is 0 Å². The summed E-state index contributed by atoms with van der Waals surface area (Å²) in [5.74, 6) is 0. The minimum Gasteiger partial charge on any atom is -0.308 e. The molecule has 4 heterocycles. The normalized spacial score (nSPS) is 14.8. The zero-order valence-corrected chi connectivity index (χ0v) is 22.8. The van der Waals surface area contributed by atoms with Crippen LogP contribution in [0.1, 0.15) is 25.0 Å². The molecule has 11 rings (SSSR count). The fourth-order valence-electron chi connectivity index (χ4n) is 8.58. The lowest BCUT2D eigenvalue weighted by Gasteiger charge is -2.21. The summed E-state index contributed by atoms with van der Waals surface area (Å²) in [6, 6.07) is 41.3. The van der Waals surface area contributed by atoms with Gasteiger partial charge in [0, 0.05) is 48.5 Å². The molecular weight excluding hydrogens is 496 g/mol. The molecule has 0 fully saturated rings. The minimum atomic E-state index is -0.0881. The van der Waals surface area contributed by atoms with Gasteiger partial charge in [-0.25, -0.2) is 0 Å². The van der Waals surface area contributed by atoms with Gasteiger partial charge in [-0.3, -0.25) is 0 Å². The summed E-state index contributed by atoms with van der Waals surface area (Å²) in [5, 5.41) is 10.7. The van der Waals surface area contributed by atoms with E-state index in [1.165, 1.54) is 98.4 Å². The van der Waals surface area contributed by atoms with Crippen LogP contribution < -0.4 is 0 Å². The lowest BCUT2D eigenvalue weighted by Crippen LogP contribution is -2.14. The maximum absolute atomic E-state index is 2.51. The topological polar surface area (TPSA) is 8.82 Å². The number of benzene rings is 6. The fraction of sp³-hybridized carbons (Fsp3) is 0.0769. The molecule has 41 heavy (non-hydrogen) atoms. The lowest BCUT2D eigenvalue weighted by molar-refractivity contribution is 0.662. The Morgan fingerprint density at radius 1 is 0.390 bits per heavy atom. The third kappa shape index (κ3) is 2.14. The van der Waals surface area contributed by atoms with Crippen LogP contribution in [-0.4, -0.2) is 8.80 Å². The Labute approximate surface area is 235 Å². The molecule has 0 saturated heterocycles. The van der Waals surface area contributed by atoms with Crippen molar-refractivity contribution in [3.63, 3.8) is 0 Å². The lowest BCUT2D eigenvalue weighted by atomic mass is 9.81. The molecule has 0 radical (unpaired) electrons. The van der Waals surface area contributed by atoms with Gasteiger partial charge in [0.05, 0.1) is 33.1 Å². The van der Waals surface area contributed by atoms with E-state index in [1.807, 2.05) is 0 Å². The number of hydrogen-bond donors (Lipinski definition) is 0. The largest absolute Gasteiger partial charge is 0.308 e. The van der Waals surface area contributed by atoms with E-state index in [4.69, 9.17) is 0 Å². The summed E-state index contributed by atoms with van der Waals surface area (Å²) in [5.41, 5.74) is 13.4. The maximum atomic E-state index is 2.51. The van der Waals surface area contributed by atoms with Gasteiger partial charge in [-0.1, -0.05) is 86.6 Å². The molecule has 0 atom stereocenters. The van der Waals surface area contributed by atoms with E-state index < -0.39 is 0 Å². The average Bonchev–Trinajstić information content (AvgIpc) is 3.76. The molecule has 0 spiro atoms. The van der Waals surface area contributed by atoms with Crippen LogP contribution in [0.3, 0.4) is 0 Å². The van der Waals surface area contributed by atoms with Gasteiger partial charge in [-0.15, -0.1) is 0 Å². The molecule has 1 aliphatic rings. The third-order valence-corrected chi connectivity index (χ3v) is 10.4. The Bertz CT molecular complexity index is 2580. The van der Waals surface area contributed by atoms with Crippen molar-refractivity contribution < 1.29 is 0 Å². The van der Waals surface area contributed by atoms with Crippen molar-refractivity contribution >= 4 is 76.2 Å². The van der Waals surface area contributed by atoms with E-state index in [1.54, 1.807) is 0 Å². The van der Waals surface area contributed by atoms with Crippen LogP contribution in [0.5, 0.6) is 0 Å². The molecule has 0 unspecified atom stereocenters. The van der Waals surface area contributed by atoms with Crippen LogP contribution in [0.2, 0.25) is 0 Å². The Hall–Kier alpha value is -5.08. The summed E-state index contributed by atoms with van der Waals surface area (Å²) >= 11 is 0. The van der Waals surface area contributed by atoms with Gasteiger partial charge in [0.2, 0.25) is 0 Å². The van der Waals surface area contributed by atoms with Crippen LogP contribution in [0.15, 0.2) is 109 Å². The van der Waals surface area contributed by atoms with E-state index in [0.29, 0.717) is 0 Å². The molecule has 190 valence electrons. The number of aromatic nitrogens is 2. The molecular formula is C39H24N2. The van der Waals surface area contributed by atoms with E-state index in [0.717, 1.165) is 0 Å². The maximum Gasteiger partial charge on any atom is 0.0620 e. The second-order valence-electron chi connectivity index (χ2n) is 12.6. The van der Waals surface area contributed by atoms with Gasteiger partial charge in [0.1, 0.15) is 0 Å². The second-order valence-corrected chi connectivity index (χ2v) is 12.6. The van der Waals surface area contributed by atoms with Gasteiger partial charge in [-0.05, 0) is 58.7 Å². The smallest absolute Gasteiger partial charge is 0.0620 e. The summed E-state index contributed by atoms with van der Waals surface area (Å²) in [6.07, 6.45) is 0. The van der Waals surface area contributed by atoms with Crippen LogP contribution >= 0.6 is 0 Å². The Kier molecular flexibility index (Phi) is 3.27. The van der Waals surface area contributed by atoms with Gasteiger partial charge >= 0.3 is 0 Å². The minimum absolute atomic E-state index is 0.0881. The highest BCUT2D eigenvalue weighted by molar-refractivity contribution is 6.25. The predicted molar refractivity (Wildman–Crippen MR) is 173 cm³/mol. The van der Waals surface area contributed by atoms with Crippen molar-refractivity contribution in [3.05, 3.63) is 120 Å². The Balaban J connectivity index is 1.32. The standard InChI is InChI=1S/C39H24N2/c1-39(2)31-17-29-25-13-7-11-23-21-9-3-5-15-33(21)40(37(23)25)35(29)19-27(31)28-20-36-30(18-32(28)39)26-14-8-12-24-22-10-4-6-16-34(22)41(36)38(24)26/h3-20H,1-2H3. The van der Waals surface area contributed by atoms with Crippen molar-refractivity contribution in [3.8, 4) is 11.1 Å². The van der Waals surface area contributed by atoms with Crippen molar-refractivity contribution in [1.82, 2.24) is 8.80 Å². The summed E-state index contributed by atoms with van der Waals surface area (Å²) in [7, 11) is 0. The van der Waals surface area contributed by atoms with Gasteiger partial charge < -0.3 is 8.80 Å². The molecule has 2 heteroatoms. The van der Waals surface area contributed by atoms with Gasteiger partial charge in [-0.2, -0.15) is 0 Å². The first-order valence-electron chi connectivity index (χ1n) is 14.5. The van der Waals surface area contributed by atoms with E-state index >= 15 is 0 Å². The quantitative estimate of drug-likeness (QED) is 0.188. The SMILES string of the molecule is CC1(C)c2cc3c4cccc5c6ccccc6n(c3cc2-c2cc3c(cc21)c1cccc2c6ccccc6n3c21)c54. The molecule has 10 aromatic rings. The van der Waals surface area contributed by atoms with E-state index in [-0.39, 0.29) is 5.41 Å². The van der Waals surface area contributed by atoms with Crippen molar-refractivity contribution in [2.45, 2.75) is 19.3 Å². The summed E-state index contributed by atoms with van der Waals surface area (Å²) in [4.78, 5) is 0. The van der Waals surface area contributed by atoms with Crippen LogP contribution in [0, 0.1) is 0 Å². The molecule has 0 N–H and O–H groups in total. The number of para-hydroxylation sites is 4. The molecule has 0 saturated carbocycles. The highest BCUT2D eigenvalue weighted by atomic mass is 14.9. The van der Waals surface area contributed by atoms with Gasteiger partial charge in [0.25, 0.3) is 0 Å². The monoisotopic (exact) mass is 520 g/mol. The molecule has 2 nitrogen and oxygen atoms in total. The molecule has 1 aliphatic carbocycles. The molecule has 6 aromatic carbocycles. The molecule has 0 amide bonds. The second kappa shape index (κ2) is 6.45. The van der Waals surface area contributed by atoms with Crippen molar-refractivity contribution in [2.75, 3.05) is 0 Å². The summed E-state index contributed by atoms with van der Waals surface area (Å²) in [6.45, 7) is 4.82. The van der Waals surface area contributed by atoms with Crippen LogP contribution in [0.4, 0.5) is 0 Å². The fourth-order valence-corrected chi connectivity index (χ4v) is 8.58. The van der Waals surface area contributed by atoms with Gasteiger partial charge in [0.15, 0.2) is 0 Å². The zero-order chi connectivity index (χ0) is 26.8. The molecule has 0 aliphatic heterocycles. The molecule has 4 aromatic heterocycles. The number of hydrogen-bond acceptors (Lipinski definition) is 0. The number of rotatable bonds is 0.